The molecular weight excluding hydrogens is 488 g/mol. The van der Waals surface area contributed by atoms with Crippen molar-refractivity contribution in [3.05, 3.63) is 22.8 Å². The lowest BCUT2D eigenvalue weighted by Gasteiger charge is -2.30. The highest BCUT2D eigenvalue weighted by Gasteiger charge is 2.65. The molecule has 34 heavy (non-hydrogen) atoms. The van der Waals surface area contributed by atoms with Crippen LogP contribution in [0.4, 0.5) is 17.6 Å². The Bertz CT molecular complexity index is 1180. The van der Waals surface area contributed by atoms with Crippen molar-refractivity contribution in [3.8, 4) is 0 Å². The number of esters is 1. The number of carbonyl (C=O) groups excluding carboxylic acids is 1. The second kappa shape index (κ2) is 8.04. The first kappa shape index (κ1) is 25.1. The Hall–Kier alpha value is -1.96. The van der Waals surface area contributed by atoms with E-state index in [2.05, 4.69) is 4.74 Å². The molecule has 0 radical (unpaired) electrons. The molecule has 0 spiro atoms. The smallest absolute Gasteiger partial charge is 0.431 e. The Balaban J connectivity index is 1.60. The van der Waals surface area contributed by atoms with E-state index in [1.807, 2.05) is 0 Å². The predicted octanol–water partition coefficient (Wildman–Crippen LogP) is 4.06. The largest absolute Gasteiger partial charge is 0.462 e. The van der Waals surface area contributed by atoms with Crippen LogP contribution in [0.25, 0.3) is 11.2 Å². The second-order valence-corrected chi connectivity index (χ2v) is 10.6. The minimum atomic E-state index is -6.40. The maximum atomic E-state index is 13.7. The number of carbonyl (C=O) groups is 1. The summed E-state index contributed by atoms with van der Waals surface area (Å²) in [5, 5.41) is 16.7. The lowest BCUT2D eigenvalue weighted by atomic mass is 9.79. The monoisotopic (exact) mass is 512 g/mol. The third-order valence-electron chi connectivity index (χ3n) is 6.87. The van der Waals surface area contributed by atoms with E-state index in [-0.39, 0.29) is 22.3 Å². The maximum absolute atomic E-state index is 13.7. The van der Waals surface area contributed by atoms with Crippen LogP contribution in [0.1, 0.15) is 79.3 Å². The molecule has 4 rings (SSSR count). The zero-order valence-electron chi connectivity index (χ0n) is 18.0. The summed E-state index contributed by atoms with van der Waals surface area (Å²) in [5.74, 6) is -6.40. The van der Waals surface area contributed by atoms with Crippen molar-refractivity contribution in [3.63, 3.8) is 0 Å². The number of alkyl halides is 4. The predicted molar refractivity (Wildman–Crippen MR) is 108 cm³/mol. The van der Waals surface area contributed by atoms with Crippen molar-refractivity contribution in [2.24, 2.45) is 0 Å². The number of hydrogen-bond acceptors (Lipinski definition) is 7. The molecule has 0 aromatic carbocycles. The van der Waals surface area contributed by atoms with E-state index in [0.717, 1.165) is 12.8 Å². The number of hydrogen-bond donors (Lipinski definition) is 3. The summed E-state index contributed by atoms with van der Waals surface area (Å²) in [4.78, 5) is 12.6. The van der Waals surface area contributed by atoms with Crippen molar-refractivity contribution in [1.29, 1.82) is 0 Å². The van der Waals surface area contributed by atoms with Gasteiger partial charge in [-0.3, -0.25) is 4.55 Å². The van der Waals surface area contributed by atoms with E-state index in [4.69, 9.17) is 8.97 Å². The topological polar surface area (TPSA) is 134 Å². The van der Waals surface area contributed by atoms with Crippen LogP contribution < -0.4 is 0 Å². The average Bonchev–Trinajstić information content (AvgIpc) is 3.50. The van der Waals surface area contributed by atoms with Crippen molar-refractivity contribution in [1.82, 2.24) is 0 Å². The summed E-state index contributed by atoms with van der Waals surface area (Å²) in [6, 6.07) is 1.25. The van der Waals surface area contributed by atoms with Crippen LogP contribution in [0.2, 0.25) is 0 Å². The SMILES string of the molecule is O=C(OCCC(F)(F)C(F)(F)S(=O)(=O)O)c1cc2oc1c(C1(O)CCCC1)c2C1(O)CCCC1. The lowest BCUT2D eigenvalue weighted by Crippen LogP contribution is -2.47. The zero-order chi connectivity index (χ0) is 25.2. The third kappa shape index (κ3) is 3.86. The van der Waals surface area contributed by atoms with Crippen molar-refractivity contribution >= 4 is 27.3 Å². The Morgan fingerprint density at radius 2 is 1.50 bits per heavy atom. The van der Waals surface area contributed by atoms with Crippen LogP contribution in [0.5, 0.6) is 0 Å². The maximum Gasteiger partial charge on any atom is 0.431 e. The lowest BCUT2D eigenvalue weighted by molar-refractivity contribution is -0.168. The Kier molecular flexibility index (Phi) is 5.94. The van der Waals surface area contributed by atoms with Gasteiger partial charge in [0, 0.05) is 11.1 Å². The first-order chi connectivity index (χ1) is 15.6. The molecule has 2 aromatic heterocycles. The van der Waals surface area contributed by atoms with Crippen LogP contribution in [0, 0.1) is 0 Å². The summed E-state index contributed by atoms with van der Waals surface area (Å²) >= 11 is 0. The number of aliphatic hydroxyl groups is 2. The number of ether oxygens (including phenoxy) is 1. The van der Waals surface area contributed by atoms with Gasteiger partial charge < -0.3 is 19.4 Å². The Labute approximate surface area is 192 Å². The molecule has 2 aromatic rings. The summed E-state index contributed by atoms with van der Waals surface area (Å²) in [6.07, 6.45) is 2.65. The van der Waals surface area contributed by atoms with Crippen molar-refractivity contribution < 1.29 is 54.7 Å². The molecule has 2 fully saturated rings. The molecule has 2 heterocycles. The van der Waals surface area contributed by atoms with E-state index in [1.165, 1.54) is 6.07 Å². The van der Waals surface area contributed by atoms with Crippen LogP contribution in [-0.2, 0) is 26.1 Å². The highest BCUT2D eigenvalue weighted by atomic mass is 32.2. The molecule has 2 bridgehead atoms. The summed E-state index contributed by atoms with van der Waals surface area (Å²) in [7, 11) is -6.40. The highest BCUT2D eigenvalue weighted by molar-refractivity contribution is 7.87. The third-order valence-corrected chi connectivity index (χ3v) is 7.81. The van der Waals surface area contributed by atoms with E-state index < -0.39 is 51.5 Å². The normalized spacial score (nSPS) is 20.9. The Morgan fingerprint density at radius 3 is 2.00 bits per heavy atom. The van der Waals surface area contributed by atoms with E-state index in [1.54, 1.807) is 0 Å². The van der Waals surface area contributed by atoms with Gasteiger partial charge in [-0.25, -0.2) is 4.79 Å². The van der Waals surface area contributed by atoms with Crippen molar-refractivity contribution in [2.45, 2.75) is 80.2 Å². The van der Waals surface area contributed by atoms with Gasteiger partial charge in [-0.2, -0.15) is 26.0 Å². The van der Waals surface area contributed by atoms with Crippen LogP contribution >= 0.6 is 0 Å². The zero-order valence-corrected chi connectivity index (χ0v) is 18.8. The molecule has 2 aliphatic rings. The van der Waals surface area contributed by atoms with Crippen molar-refractivity contribution in [2.75, 3.05) is 6.61 Å². The molecule has 0 atom stereocenters. The molecule has 2 aliphatic carbocycles. The molecule has 0 aliphatic heterocycles. The molecule has 0 amide bonds. The fraction of sp³-hybridized carbons (Fsp3) is 0.667. The molecule has 13 heteroatoms. The standard InChI is InChI=1S/C21H24F4O8S/c22-20(23,21(24,25)34(29,30)31)9-10-32-17(26)12-11-13-14(18(27)5-1-2-6-18)15(16(12)33-13)19(28)7-3-4-8-19/h11,27-28H,1-10H2,(H,29,30,31). The van der Waals surface area contributed by atoms with E-state index in [0.29, 0.717) is 44.1 Å². The van der Waals surface area contributed by atoms with Gasteiger partial charge in [0.1, 0.15) is 16.7 Å². The Morgan fingerprint density at radius 1 is 1.00 bits per heavy atom. The number of rotatable bonds is 8. The van der Waals surface area contributed by atoms with Gasteiger partial charge in [0.25, 0.3) is 0 Å². The van der Waals surface area contributed by atoms with Gasteiger partial charge in [-0.1, -0.05) is 25.7 Å². The molecule has 8 nitrogen and oxygen atoms in total. The van der Waals surface area contributed by atoms with Gasteiger partial charge in [0.05, 0.1) is 24.2 Å². The minimum absolute atomic E-state index is 0.0604. The van der Waals surface area contributed by atoms with Gasteiger partial charge in [-0.15, -0.1) is 0 Å². The minimum Gasteiger partial charge on any atom is -0.462 e. The molecular formula is C21H24F4O8S. The van der Waals surface area contributed by atoms with Crippen LogP contribution in [-0.4, -0.2) is 46.9 Å². The quantitative estimate of drug-likeness (QED) is 0.274. The van der Waals surface area contributed by atoms with Gasteiger partial charge in [0.2, 0.25) is 0 Å². The molecule has 0 saturated heterocycles. The number of fused-ring (bicyclic) bond motifs is 2. The first-order valence-electron chi connectivity index (χ1n) is 10.9. The van der Waals surface area contributed by atoms with Crippen LogP contribution in [0.15, 0.2) is 10.5 Å². The van der Waals surface area contributed by atoms with Gasteiger partial charge in [-0.05, 0) is 31.7 Å². The fourth-order valence-electron chi connectivity index (χ4n) is 5.10. The van der Waals surface area contributed by atoms with E-state index >= 15 is 0 Å². The average molecular weight is 512 g/mol. The summed E-state index contributed by atoms with van der Waals surface area (Å²) < 4.78 is 93.9. The van der Waals surface area contributed by atoms with Gasteiger partial charge in [0.15, 0.2) is 0 Å². The molecule has 190 valence electrons. The molecule has 3 N–H and O–H groups in total. The number of halogens is 4. The summed E-state index contributed by atoms with van der Waals surface area (Å²) in [6.45, 7) is -1.28. The highest BCUT2D eigenvalue weighted by Crippen LogP contribution is 2.53. The number of furan rings is 2. The second-order valence-electron chi connectivity index (χ2n) is 9.16. The van der Waals surface area contributed by atoms with E-state index in [9.17, 15) is 41.0 Å². The first-order valence-corrected chi connectivity index (χ1v) is 12.3. The fourth-order valence-corrected chi connectivity index (χ4v) is 5.58. The summed E-state index contributed by atoms with van der Waals surface area (Å²) in [5.41, 5.74) is -2.09. The van der Waals surface area contributed by atoms with Gasteiger partial charge >= 0.3 is 27.3 Å². The molecule has 0 unspecified atom stereocenters. The molecule has 2 saturated carbocycles. The number of benzene rings is 1. The van der Waals surface area contributed by atoms with Crippen LogP contribution in [0.3, 0.4) is 0 Å².